The summed E-state index contributed by atoms with van der Waals surface area (Å²) in [6, 6.07) is 7.78. The Morgan fingerprint density at radius 3 is 2.46 bits per heavy atom. The minimum atomic E-state index is 0.762. The van der Waals surface area contributed by atoms with Crippen LogP contribution in [-0.2, 0) is 0 Å². The van der Waals surface area contributed by atoms with Crippen LogP contribution in [0.15, 0.2) is 30.5 Å². The van der Waals surface area contributed by atoms with Gasteiger partial charge >= 0.3 is 0 Å². The molecule has 3 heteroatoms. The zero-order valence-corrected chi connectivity index (χ0v) is 8.45. The molecule has 0 bridgehead atoms. The van der Waals surface area contributed by atoms with Gasteiger partial charge in [0.05, 0.1) is 4.99 Å². The van der Waals surface area contributed by atoms with Crippen molar-refractivity contribution < 1.29 is 0 Å². The Morgan fingerprint density at radius 1 is 1.23 bits per heavy atom. The molecule has 2 rings (SSSR count). The summed E-state index contributed by atoms with van der Waals surface area (Å²) in [5, 5.41) is 3.78. The van der Waals surface area contributed by atoms with E-state index in [0.29, 0.717) is 0 Å². The first-order valence-corrected chi connectivity index (χ1v) is 4.79. The summed E-state index contributed by atoms with van der Waals surface area (Å²) < 4.78 is 0. The van der Waals surface area contributed by atoms with E-state index in [9.17, 15) is 0 Å². The Morgan fingerprint density at radius 2 is 1.92 bits per heavy atom. The summed E-state index contributed by atoms with van der Waals surface area (Å²) in [6.45, 7) is 0. The van der Waals surface area contributed by atoms with Gasteiger partial charge in [-0.05, 0) is 23.3 Å². The van der Waals surface area contributed by atoms with Gasteiger partial charge in [0, 0.05) is 17.6 Å². The fraction of sp³-hybridized carbons (Fsp3) is 0.100. The Hall–Kier alpha value is -0.860. The minimum absolute atomic E-state index is 0.762. The second-order valence-electron chi connectivity index (χ2n) is 2.92. The van der Waals surface area contributed by atoms with E-state index in [2.05, 4.69) is 5.32 Å². The number of halogens is 1. The first kappa shape index (κ1) is 8.73. The average Bonchev–Trinajstić information content (AvgIpc) is 2.53. The van der Waals surface area contributed by atoms with Crippen molar-refractivity contribution >= 4 is 34.4 Å². The number of hydrogen-bond donors (Lipinski definition) is 1. The highest BCUT2D eigenvalue weighted by Gasteiger charge is 2.10. The van der Waals surface area contributed by atoms with E-state index >= 15 is 0 Å². The van der Waals surface area contributed by atoms with Crippen LogP contribution in [0.25, 0.3) is 5.57 Å². The zero-order valence-electron chi connectivity index (χ0n) is 6.88. The summed E-state index contributed by atoms with van der Waals surface area (Å²) >= 11 is 10.8. The molecule has 0 saturated carbocycles. The van der Waals surface area contributed by atoms with Crippen molar-refractivity contribution in [2.24, 2.45) is 0 Å². The Labute approximate surface area is 87.4 Å². The summed E-state index contributed by atoms with van der Waals surface area (Å²) in [7, 11) is 0. The predicted octanol–water partition coefficient (Wildman–Crippen LogP) is 3.00. The quantitative estimate of drug-likeness (QED) is 0.714. The smallest absolute Gasteiger partial charge is 0.0838 e. The topological polar surface area (TPSA) is 12.0 Å². The van der Waals surface area contributed by atoms with E-state index in [-0.39, 0.29) is 0 Å². The molecule has 0 aliphatic carbocycles. The summed E-state index contributed by atoms with van der Waals surface area (Å²) in [4.78, 5) is 0.880. The first-order valence-electron chi connectivity index (χ1n) is 4.00. The van der Waals surface area contributed by atoms with Crippen LogP contribution in [0.5, 0.6) is 0 Å². The average molecular weight is 210 g/mol. The molecular weight excluding hydrogens is 202 g/mol. The van der Waals surface area contributed by atoms with Gasteiger partial charge in [-0.2, -0.15) is 0 Å². The largest absolute Gasteiger partial charge is 0.356 e. The van der Waals surface area contributed by atoms with E-state index in [1.54, 1.807) is 0 Å². The Kier molecular flexibility index (Phi) is 2.34. The van der Waals surface area contributed by atoms with Crippen molar-refractivity contribution in [1.29, 1.82) is 0 Å². The van der Waals surface area contributed by atoms with Crippen LogP contribution in [0.2, 0.25) is 5.02 Å². The van der Waals surface area contributed by atoms with Crippen molar-refractivity contribution in [1.82, 2.24) is 5.32 Å². The van der Waals surface area contributed by atoms with Gasteiger partial charge in [0.25, 0.3) is 0 Å². The SMILES string of the molecule is S=C1CC(c2ccc(Cl)cc2)=CN1. The lowest BCUT2D eigenvalue weighted by Gasteiger charge is -1.99. The van der Waals surface area contributed by atoms with Crippen molar-refractivity contribution in [3.8, 4) is 0 Å². The molecule has 0 atom stereocenters. The highest BCUT2D eigenvalue weighted by atomic mass is 35.5. The van der Waals surface area contributed by atoms with Crippen LogP contribution in [0.1, 0.15) is 12.0 Å². The van der Waals surface area contributed by atoms with Gasteiger partial charge in [-0.3, -0.25) is 0 Å². The van der Waals surface area contributed by atoms with Crippen molar-refractivity contribution in [2.45, 2.75) is 6.42 Å². The second-order valence-corrected chi connectivity index (χ2v) is 3.85. The van der Waals surface area contributed by atoms with Crippen LogP contribution in [0.3, 0.4) is 0 Å². The standard InChI is InChI=1S/C10H8ClNS/c11-9-3-1-7(2-4-9)8-5-10(13)12-6-8/h1-4,6H,5H2,(H,12,13). The highest BCUT2D eigenvalue weighted by Crippen LogP contribution is 2.22. The molecule has 13 heavy (non-hydrogen) atoms. The number of benzene rings is 1. The Bertz CT molecular complexity index is 367. The van der Waals surface area contributed by atoms with E-state index in [4.69, 9.17) is 23.8 Å². The van der Waals surface area contributed by atoms with E-state index in [1.165, 1.54) is 11.1 Å². The summed E-state index contributed by atoms with van der Waals surface area (Å²) in [5.74, 6) is 0. The predicted molar refractivity (Wildman–Crippen MR) is 59.8 cm³/mol. The van der Waals surface area contributed by atoms with E-state index < -0.39 is 0 Å². The number of thiocarbonyl (C=S) groups is 1. The van der Waals surface area contributed by atoms with Crippen LogP contribution in [-0.4, -0.2) is 4.99 Å². The van der Waals surface area contributed by atoms with Gasteiger partial charge in [-0.25, -0.2) is 0 Å². The third kappa shape index (κ3) is 1.90. The lowest BCUT2D eigenvalue weighted by atomic mass is 10.1. The molecule has 1 heterocycles. The molecule has 0 radical (unpaired) electrons. The Balaban J connectivity index is 2.27. The van der Waals surface area contributed by atoms with E-state index in [0.717, 1.165) is 16.4 Å². The highest BCUT2D eigenvalue weighted by molar-refractivity contribution is 7.80. The molecule has 1 N–H and O–H groups in total. The molecule has 0 fully saturated rings. The molecule has 1 aliphatic heterocycles. The monoisotopic (exact) mass is 209 g/mol. The molecule has 0 amide bonds. The van der Waals surface area contributed by atoms with Crippen LogP contribution >= 0.6 is 23.8 Å². The van der Waals surface area contributed by atoms with Crippen LogP contribution < -0.4 is 5.32 Å². The van der Waals surface area contributed by atoms with Gasteiger partial charge in [0.1, 0.15) is 0 Å². The van der Waals surface area contributed by atoms with Crippen molar-refractivity contribution in [3.63, 3.8) is 0 Å². The molecule has 0 saturated heterocycles. The molecule has 0 spiro atoms. The van der Waals surface area contributed by atoms with Gasteiger partial charge < -0.3 is 5.32 Å². The maximum atomic E-state index is 5.79. The molecular formula is C10H8ClNS. The lowest BCUT2D eigenvalue weighted by molar-refractivity contribution is 1.34. The summed E-state index contributed by atoms with van der Waals surface area (Å²) in [5.41, 5.74) is 2.40. The maximum absolute atomic E-state index is 5.79. The molecule has 66 valence electrons. The first-order chi connectivity index (χ1) is 6.25. The zero-order chi connectivity index (χ0) is 9.26. The van der Waals surface area contributed by atoms with Crippen LogP contribution in [0.4, 0.5) is 0 Å². The summed E-state index contributed by atoms with van der Waals surface area (Å²) in [6.07, 6.45) is 2.78. The van der Waals surface area contributed by atoms with Gasteiger partial charge in [0.15, 0.2) is 0 Å². The van der Waals surface area contributed by atoms with Crippen molar-refractivity contribution in [2.75, 3.05) is 0 Å². The molecule has 1 aromatic rings. The fourth-order valence-corrected chi connectivity index (χ4v) is 1.63. The molecule has 0 unspecified atom stereocenters. The fourth-order valence-electron chi connectivity index (χ4n) is 1.29. The number of hydrogen-bond acceptors (Lipinski definition) is 1. The van der Waals surface area contributed by atoms with E-state index in [1.807, 2.05) is 30.5 Å². The third-order valence-electron chi connectivity index (χ3n) is 1.97. The number of rotatable bonds is 1. The molecule has 1 aliphatic rings. The molecule has 1 aromatic carbocycles. The molecule has 1 nitrogen and oxygen atoms in total. The third-order valence-corrected chi connectivity index (χ3v) is 2.49. The molecule has 0 aromatic heterocycles. The second kappa shape index (κ2) is 3.48. The van der Waals surface area contributed by atoms with Crippen molar-refractivity contribution in [3.05, 3.63) is 41.1 Å². The minimum Gasteiger partial charge on any atom is -0.356 e. The lowest BCUT2D eigenvalue weighted by Crippen LogP contribution is -2.05. The van der Waals surface area contributed by atoms with Crippen LogP contribution in [0, 0.1) is 0 Å². The normalized spacial score (nSPS) is 15.5. The number of nitrogens with one attached hydrogen (secondary N) is 1. The van der Waals surface area contributed by atoms with Gasteiger partial charge in [-0.1, -0.05) is 36.0 Å². The van der Waals surface area contributed by atoms with Gasteiger partial charge in [-0.15, -0.1) is 0 Å². The van der Waals surface area contributed by atoms with Gasteiger partial charge in [0.2, 0.25) is 0 Å². The maximum Gasteiger partial charge on any atom is 0.0838 e.